The minimum absolute atomic E-state index is 0.189. The molecule has 0 saturated carbocycles. The van der Waals surface area contributed by atoms with Crippen LogP contribution in [0.15, 0.2) is 236 Å². The van der Waals surface area contributed by atoms with Gasteiger partial charge < -0.3 is 9.47 Å². The third-order valence-corrected chi connectivity index (χ3v) is 26.4. The van der Waals surface area contributed by atoms with Crippen LogP contribution in [-0.4, -0.2) is 53.4 Å². The smallest absolute Gasteiger partial charge is 0.330 e. The normalized spacial score (nSPS) is 11.9. The maximum absolute atomic E-state index is 12.7. The summed E-state index contributed by atoms with van der Waals surface area (Å²) in [6.45, 7) is 7.56. The Morgan fingerprint density at radius 3 is 1.19 bits per heavy atom. The molecule has 0 aliphatic rings. The molecule has 4 nitrogen and oxygen atoms in total. The first-order valence-electron chi connectivity index (χ1n) is 25.7. The summed E-state index contributed by atoms with van der Waals surface area (Å²) in [6.07, 6.45) is 2.33. The van der Waals surface area contributed by atoms with E-state index in [4.69, 9.17) is 9.47 Å². The number of carbonyl (C=O) groups is 2. The maximum Gasteiger partial charge on any atom is 0.330 e. The number of esters is 2. The van der Waals surface area contributed by atoms with E-state index in [1.165, 1.54) is 117 Å². The molecule has 13 rings (SSSR count). The Bertz CT molecular complexity index is 4030. The Morgan fingerprint density at radius 1 is 0.425 bits per heavy atom. The van der Waals surface area contributed by atoms with Gasteiger partial charge in [0, 0.05) is 141 Å². The van der Waals surface area contributed by atoms with Crippen molar-refractivity contribution in [3.05, 3.63) is 212 Å². The highest BCUT2D eigenvalue weighted by molar-refractivity contribution is 8.01. The van der Waals surface area contributed by atoms with E-state index in [2.05, 4.69) is 200 Å². The molecule has 0 unspecified atom stereocenters. The third-order valence-electron chi connectivity index (χ3n) is 13.6. The number of thioether (sulfide) groups is 5. The first kappa shape index (κ1) is 55.1. The number of carbonyl (C=O) groups excluding carboxylic acids is 2. The summed E-state index contributed by atoms with van der Waals surface area (Å²) in [4.78, 5) is 30.9. The molecule has 398 valence electrons. The summed E-state index contributed by atoms with van der Waals surface area (Å²) in [7, 11) is 0. The molecule has 0 radical (unpaired) electrons. The molecular formula is C66H50O4S10. The molecule has 0 amide bonds. The number of rotatable bonds is 20. The van der Waals surface area contributed by atoms with Crippen LogP contribution in [0.1, 0.15) is 0 Å². The molecule has 0 spiro atoms. The van der Waals surface area contributed by atoms with E-state index >= 15 is 0 Å². The molecule has 5 heterocycles. The van der Waals surface area contributed by atoms with Crippen LogP contribution in [-0.2, 0) is 19.1 Å². The zero-order valence-corrected chi connectivity index (χ0v) is 51.2. The van der Waals surface area contributed by atoms with Gasteiger partial charge in [-0.2, -0.15) is 0 Å². The topological polar surface area (TPSA) is 52.6 Å². The maximum atomic E-state index is 12.7. The molecule has 8 aromatic carbocycles. The van der Waals surface area contributed by atoms with E-state index in [-0.39, 0.29) is 23.5 Å². The van der Waals surface area contributed by atoms with Crippen molar-refractivity contribution in [2.24, 2.45) is 5.41 Å². The van der Waals surface area contributed by atoms with Crippen LogP contribution in [0, 0.1) is 5.41 Å². The second-order valence-corrected chi connectivity index (χ2v) is 29.1. The molecule has 80 heavy (non-hydrogen) atoms. The van der Waals surface area contributed by atoms with Crippen molar-refractivity contribution in [1.29, 1.82) is 0 Å². The predicted octanol–water partition coefficient (Wildman–Crippen LogP) is 21.3. The Labute approximate surface area is 505 Å². The molecule has 0 atom stereocenters. The SMILES string of the molecule is C=CC(=O)OC(CSc1cccc2ccsc12)CSc1cccc2ccsc12.C=CC(=O)OCC(CSc1cccc2c1sc1ccccc12)(CSc1cccc2c1sc1ccccc12)CSc1cccc2c1sc1ccccc12. The number of ether oxygens (including phenoxy) is 2. The second kappa shape index (κ2) is 25.3. The number of benzene rings is 8. The highest BCUT2D eigenvalue weighted by Crippen LogP contribution is 2.48. The fraction of sp³-hybridized carbons (Fsp3) is 0.121. The number of hydrogen-bond donors (Lipinski definition) is 0. The van der Waals surface area contributed by atoms with Gasteiger partial charge in [0.2, 0.25) is 0 Å². The van der Waals surface area contributed by atoms with Gasteiger partial charge in [0.25, 0.3) is 0 Å². The lowest BCUT2D eigenvalue weighted by molar-refractivity contribution is -0.141. The highest BCUT2D eigenvalue weighted by Gasteiger charge is 2.34. The van der Waals surface area contributed by atoms with E-state index in [0.717, 1.165) is 17.3 Å². The zero-order valence-electron chi connectivity index (χ0n) is 43.0. The van der Waals surface area contributed by atoms with Crippen LogP contribution >= 0.6 is 115 Å². The van der Waals surface area contributed by atoms with Gasteiger partial charge in [0.05, 0.1) is 6.61 Å². The molecule has 14 heteroatoms. The lowest BCUT2D eigenvalue weighted by Crippen LogP contribution is -2.36. The van der Waals surface area contributed by atoms with E-state index in [1.54, 1.807) is 46.2 Å². The first-order chi connectivity index (χ1) is 39.3. The third kappa shape index (κ3) is 12.0. The van der Waals surface area contributed by atoms with Gasteiger partial charge in [0.1, 0.15) is 6.10 Å². The van der Waals surface area contributed by atoms with E-state index in [1.807, 2.05) is 69.3 Å². The Morgan fingerprint density at radius 2 is 0.787 bits per heavy atom. The molecule has 13 aromatic rings. The van der Waals surface area contributed by atoms with Gasteiger partial charge in [0.15, 0.2) is 0 Å². The van der Waals surface area contributed by atoms with Gasteiger partial charge in [-0.1, -0.05) is 128 Å². The molecule has 0 aliphatic carbocycles. The lowest BCUT2D eigenvalue weighted by Gasteiger charge is -2.33. The zero-order chi connectivity index (χ0) is 54.4. The number of hydrogen-bond acceptors (Lipinski definition) is 14. The van der Waals surface area contributed by atoms with Crippen LogP contribution in [0.25, 0.3) is 80.7 Å². The number of thiophene rings is 5. The molecule has 5 aromatic heterocycles. The summed E-state index contributed by atoms with van der Waals surface area (Å²) in [5.41, 5.74) is -0.366. The van der Waals surface area contributed by atoms with Gasteiger partial charge in [-0.15, -0.1) is 115 Å². The quantitative estimate of drug-likeness (QED) is 0.0422. The van der Waals surface area contributed by atoms with Gasteiger partial charge in [-0.25, -0.2) is 9.59 Å². The highest BCUT2D eigenvalue weighted by atomic mass is 32.2. The fourth-order valence-electron chi connectivity index (χ4n) is 9.58. The van der Waals surface area contributed by atoms with E-state index in [0.29, 0.717) is 18.1 Å². The second-order valence-electron chi connectivity index (χ2n) is 18.9. The van der Waals surface area contributed by atoms with Crippen LogP contribution < -0.4 is 0 Å². The van der Waals surface area contributed by atoms with Crippen molar-refractivity contribution in [2.45, 2.75) is 30.6 Å². The van der Waals surface area contributed by atoms with Crippen LogP contribution in [0.2, 0.25) is 0 Å². The Kier molecular flexibility index (Phi) is 17.4. The molecule has 0 N–H and O–H groups in total. The molecule has 0 saturated heterocycles. The monoisotopic (exact) mass is 1230 g/mol. The van der Waals surface area contributed by atoms with Crippen molar-refractivity contribution in [2.75, 3.05) is 35.4 Å². The summed E-state index contributed by atoms with van der Waals surface area (Å²) in [5.74, 6) is 3.04. The predicted molar refractivity (Wildman–Crippen MR) is 359 cm³/mol. The van der Waals surface area contributed by atoms with Crippen LogP contribution in [0.3, 0.4) is 0 Å². The van der Waals surface area contributed by atoms with E-state index < -0.39 is 0 Å². The minimum atomic E-state index is -0.380. The summed E-state index contributed by atoms with van der Waals surface area (Å²) in [6, 6.07) is 63.0. The van der Waals surface area contributed by atoms with Gasteiger partial charge >= 0.3 is 11.9 Å². The van der Waals surface area contributed by atoms with Crippen molar-refractivity contribution in [3.63, 3.8) is 0 Å². The van der Waals surface area contributed by atoms with E-state index in [9.17, 15) is 9.59 Å². The van der Waals surface area contributed by atoms with Crippen LogP contribution in [0.5, 0.6) is 0 Å². The summed E-state index contributed by atoms with van der Waals surface area (Å²) >= 11 is 18.2. The fourth-order valence-corrected chi connectivity index (χ4v) is 22.1. The van der Waals surface area contributed by atoms with Gasteiger partial charge in [-0.3, -0.25) is 0 Å². The lowest BCUT2D eigenvalue weighted by atomic mass is 9.97. The molecule has 0 fully saturated rings. The standard InChI is InChI=1S/C44H32O2S6.C22H18O2S4/c1-2-40(45)46-24-44(25-47-37-21-9-15-31-28-12-3-6-18-34(28)50-41(31)37,26-48-38-22-10-16-32-29-13-4-7-19-35(29)51-42(32)38)27-49-39-23-11-17-33-30-14-5-8-20-36(30)52-43(33)39;1-2-20(23)24-17(13-27-18-7-3-5-15-9-11-25-21(15)18)14-28-19-8-4-6-16-10-12-26-22(16)19/h2-23H,1,24-27H2;2-12,17H,1,13-14H2. The molecular weight excluding hydrogens is 1180 g/mol. The molecule has 0 bridgehead atoms. The largest absolute Gasteiger partial charge is 0.462 e. The van der Waals surface area contributed by atoms with Crippen LogP contribution in [0.4, 0.5) is 0 Å². The van der Waals surface area contributed by atoms with Gasteiger partial charge in [-0.05, 0) is 82.2 Å². The van der Waals surface area contributed by atoms with Crippen molar-refractivity contribution >= 4 is 208 Å². The van der Waals surface area contributed by atoms with Crippen molar-refractivity contribution in [1.82, 2.24) is 0 Å². The first-order valence-corrected chi connectivity index (χ1v) is 34.9. The van der Waals surface area contributed by atoms with Crippen molar-refractivity contribution in [3.8, 4) is 0 Å². The van der Waals surface area contributed by atoms with Crippen molar-refractivity contribution < 1.29 is 19.1 Å². The Hall–Kier alpha value is -5.49. The number of fused-ring (bicyclic) bond motifs is 11. The average Bonchev–Trinajstić information content (AvgIpc) is 4.39. The minimum Gasteiger partial charge on any atom is -0.462 e. The molecule has 0 aliphatic heterocycles. The average molecular weight is 1230 g/mol. The summed E-state index contributed by atoms with van der Waals surface area (Å²) in [5, 5.41) is 14.5. The summed E-state index contributed by atoms with van der Waals surface area (Å²) < 4.78 is 22.1. The Balaban J connectivity index is 0.000000192.